The van der Waals surface area contributed by atoms with Gasteiger partial charge < -0.3 is 14.6 Å². The van der Waals surface area contributed by atoms with Crippen LogP contribution in [0.2, 0.25) is 0 Å². The lowest BCUT2D eigenvalue weighted by atomic mass is 10.1. The first-order chi connectivity index (χ1) is 4.38. The van der Waals surface area contributed by atoms with Crippen molar-refractivity contribution < 1.29 is 14.6 Å². The number of aliphatic hydroxyl groups is 1. The molecule has 0 saturated carbocycles. The Morgan fingerprint density at radius 3 is 3.00 bits per heavy atom. The fourth-order valence-electron chi connectivity index (χ4n) is 1.45. The first kappa shape index (κ1) is 5.65. The molecule has 3 atom stereocenters. The van der Waals surface area contributed by atoms with E-state index in [1.165, 1.54) is 0 Å². The first-order valence-corrected chi connectivity index (χ1v) is 3.29. The summed E-state index contributed by atoms with van der Waals surface area (Å²) in [5.41, 5.74) is 0. The summed E-state index contributed by atoms with van der Waals surface area (Å²) in [5, 5.41) is 9.15. The molecule has 0 aromatic carbocycles. The van der Waals surface area contributed by atoms with Gasteiger partial charge in [0.05, 0.1) is 12.7 Å². The van der Waals surface area contributed by atoms with Gasteiger partial charge in [0.1, 0.15) is 12.2 Å². The molecule has 2 rings (SSSR count). The second kappa shape index (κ2) is 1.94. The summed E-state index contributed by atoms with van der Waals surface area (Å²) in [4.78, 5) is 0. The van der Waals surface area contributed by atoms with Crippen LogP contribution in [-0.2, 0) is 9.47 Å². The summed E-state index contributed by atoms with van der Waals surface area (Å²) in [5.74, 6) is 0. The third kappa shape index (κ3) is 0.764. The van der Waals surface area contributed by atoms with Gasteiger partial charge in [-0.1, -0.05) is 0 Å². The summed E-state index contributed by atoms with van der Waals surface area (Å²) in [6.07, 6.45) is 0.726. The maximum absolute atomic E-state index is 9.15. The van der Waals surface area contributed by atoms with Crippen molar-refractivity contribution in [1.82, 2.24) is 0 Å². The highest BCUT2D eigenvalue weighted by molar-refractivity contribution is 4.88. The minimum absolute atomic E-state index is 0.0231. The van der Waals surface area contributed by atoms with E-state index in [4.69, 9.17) is 14.6 Å². The lowest BCUT2D eigenvalue weighted by molar-refractivity contribution is 0.0187. The van der Waals surface area contributed by atoms with E-state index in [1.807, 2.05) is 0 Å². The van der Waals surface area contributed by atoms with Gasteiger partial charge in [0.15, 0.2) is 0 Å². The lowest BCUT2D eigenvalue weighted by Gasteiger charge is -2.08. The molecule has 3 heteroatoms. The van der Waals surface area contributed by atoms with Crippen LogP contribution >= 0.6 is 0 Å². The smallest absolute Gasteiger partial charge is 0.112 e. The molecular weight excluding hydrogens is 120 g/mol. The zero-order valence-corrected chi connectivity index (χ0v) is 5.12. The highest BCUT2D eigenvalue weighted by atomic mass is 16.6. The van der Waals surface area contributed by atoms with Gasteiger partial charge in [-0.25, -0.2) is 0 Å². The minimum atomic E-state index is -0.377. The molecule has 2 aliphatic heterocycles. The van der Waals surface area contributed by atoms with Crippen LogP contribution in [0.5, 0.6) is 0 Å². The second-order valence-corrected chi connectivity index (χ2v) is 2.56. The van der Waals surface area contributed by atoms with E-state index in [0.29, 0.717) is 6.61 Å². The average Bonchev–Trinajstić information content (AvgIpc) is 2.35. The third-order valence-electron chi connectivity index (χ3n) is 1.94. The SMILES string of the molecule is O[C@H]1COC2CCO[C@@H]21. The van der Waals surface area contributed by atoms with Crippen LogP contribution in [0.4, 0.5) is 0 Å². The first-order valence-electron chi connectivity index (χ1n) is 3.29. The Kier molecular flexibility index (Phi) is 1.22. The van der Waals surface area contributed by atoms with Crippen LogP contribution in [-0.4, -0.2) is 36.6 Å². The van der Waals surface area contributed by atoms with E-state index >= 15 is 0 Å². The molecule has 0 radical (unpaired) electrons. The maximum Gasteiger partial charge on any atom is 0.112 e. The lowest BCUT2D eigenvalue weighted by Crippen LogP contribution is -2.26. The number of fused-ring (bicyclic) bond motifs is 1. The molecule has 0 amide bonds. The highest BCUT2D eigenvalue weighted by Gasteiger charge is 2.40. The van der Waals surface area contributed by atoms with Crippen molar-refractivity contribution in [2.45, 2.75) is 24.7 Å². The van der Waals surface area contributed by atoms with Gasteiger partial charge in [-0.05, 0) is 6.42 Å². The van der Waals surface area contributed by atoms with Gasteiger partial charge in [-0.3, -0.25) is 0 Å². The Morgan fingerprint density at radius 1 is 1.33 bits per heavy atom. The quantitative estimate of drug-likeness (QED) is 0.482. The van der Waals surface area contributed by atoms with Gasteiger partial charge in [0.25, 0.3) is 0 Å². The average molecular weight is 130 g/mol. The van der Waals surface area contributed by atoms with Crippen molar-refractivity contribution in [3.05, 3.63) is 0 Å². The molecule has 2 saturated heterocycles. The van der Waals surface area contributed by atoms with Gasteiger partial charge >= 0.3 is 0 Å². The zero-order valence-electron chi connectivity index (χ0n) is 5.12. The van der Waals surface area contributed by atoms with Crippen LogP contribution in [0.3, 0.4) is 0 Å². The number of hydrogen-bond donors (Lipinski definition) is 1. The molecular formula is C6H10O3. The zero-order chi connectivity index (χ0) is 6.27. The molecule has 2 heterocycles. The third-order valence-corrected chi connectivity index (χ3v) is 1.94. The predicted molar refractivity (Wildman–Crippen MR) is 30.1 cm³/mol. The largest absolute Gasteiger partial charge is 0.388 e. The van der Waals surface area contributed by atoms with E-state index in [0.717, 1.165) is 13.0 Å². The molecule has 0 aromatic heterocycles. The molecule has 2 fully saturated rings. The summed E-state index contributed by atoms with van der Waals surface area (Å²) >= 11 is 0. The van der Waals surface area contributed by atoms with Gasteiger partial charge in [-0.2, -0.15) is 0 Å². The van der Waals surface area contributed by atoms with E-state index in [1.54, 1.807) is 0 Å². The van der Waals surface area contributed by atoms with Crippen LogP contribution in [0.1, 0.15) is 6.42 Å². The summed E-state index contributed by atoms with van der Waals surface area (Å²) in [6, 6.07) is 0. The second-order valence-electron chi connectivity index (χ2n) is 2.56. The van der Waals surface area contributed by atoms with Crippen molar-refractivity contribution in [2.75, 3.05) is 13.2 Å². The van der Waals surface area contributed by atoms with E-state index in [2.05, 4.69) is 0 Å². The van der Waals surface area contributed by atoms with Gasteiger partial charge in [0, 0.05) is 6.61 Å². The summed E-state index contributed by atoms with van der Waals surface area (Å²) < 4.78 is 10.4. The van der Waals surface area contributed by atoms with E-state index < -0.39 is 0 Å². The molecule has 0 spiro atoms. The van der Waals surface area contributed by atoms with Crippen LogP contribution in [0, 0.1) is 0 Å². The standard InChI is InChI=1S/C6H10O3/c7-4-3-9-5-1-2-8-6(4)5/h4-7H,1-3H2/t4-,5?,6+/m0/s1. The Bertz CT molecular complexity index is 115. The fraction of sp³-hybridized carbons (Fsp3) is 1.00. The van der Waals surface area contributed by atoms with Crippen LogP contribution in [0.15, 0.2) is 0 Å². The molecule has 52 valence electrons. The molecule has 9 heavy (non-hydrogen) atoms. The molecule has 1 N–H and O–H groups in total. The minimum Gasteiger partial charge on any atom is -0.388 e. The highest BCUT2D eigenvalue weighted by Crippen LogP contribution is 2.25. The molecule has 0 aliphatic carbocycles. The van der Waals surface area contributed by atoms with E-state index in [9.17, 15) is 0 Å². The van der Waals surface area contributed by atoms with Crippen molar-refractivity contribution >= 4 is 0 Å². The molecule has 0 bridgehead atoms. The number of ether oxygens (including phenoxy) is 2. The Hall–Kier alpha value is -0.120. The number of rotatable bonds is 0. The number of hydrogen-bond acceptors (Lipinski definition) is 3. The van der Waals surface area contributed by atoms with Crippen LogP contribution < -0.4 is 0 Å². The molecule has 3 nitrogen and oxygen atoms in total. The Labute approximate surface area is 53.6 Å². The number of aliphatic hydroxyl groups excluding tert-OH is 1. The molecule has 2 aliphatic rings. The monoisotopic (exact) mass is 130 g/mol. The fourth-order valence-corrected chi connectivity index (χ4v) is 1.45. The topological polar surface area (TPSA) is 38.7 Å². The molecule has 0 aromatic rings. The van der Waals surface area contributed by atoms with Gasteiger partial charge in [0.2, 0.25) is 0 Å². The Morgan fingerprint density at radius 2 is 2.22 bits per heavy atom. The van der Waals surface area contributed by atoms with Crippen molar-refractivity contribution in [2.24, 2.45) is 0 Å². The maximum atomic E-state index is 9.15. The van der Waals surface area contributed by atoms with Gasteiger partial charge in [-0.15, -0.1) is 0 Å². The van der Waals surface area contributed by atoms with Crippen molar-refractivity contribution in [3.8, 4) is 0 Å². The van der Waals surface area contributed by atoms with E-state index in [-0.39, 0.29) is 18.3 Å². The normalized spacial score (nSPS) is 49.7. The van der Waals surface area contributed by atoms with Crippen molar-refractivity contribution in [3.63, 3.8) is 0 Å². The molecule has 1 unspecified atom stereocenters. The summed E-state index contributed by atoms with van der Waals surface area (Å²) in [7, 11) is 0. The summed E-state index contributed by atoms with van der Waals surface area (Å²) in [6.45, 7) is 1.20. The van der Waals surface area contributed by atoms with Crippen LogP contribution in [0.25, 0.3) is 0 Å². The Balaban J connectivity index is 2.07. The van der Waals surface area contributed by atoms with Crippen molar-refractivity contribution in [1.29, 1.82) is 0 Å². The predicted octanol–water partition coefficient (Wildman–Crippen LogP) is -0.465.